The normalized spacial score (nSPS) is 12.4. The van der Waals surface area contributed by atoms with E-state index in [1.165, 1.54) is 7.11 Å². The van der Waals surface area contributed by atoms with Crippen LogP contribution in [0.3, 0.4) is 0 Å². The molecule has 0 saturated heterocycles. The van der Waals surface area contributed by atoms with Crippen LogP contribution in [-0.2, 0) is 11.3 Å². The molecule has 3 rings (SSSR count). The third kappa shape index (κ3) is 4.12. The molecule has 0 aliphatic carbocycles. The third-order valence-corrected chi connectivity index (χ3v) is 5.39. The zero-order chi connectivity index (χ0) is 20.4. The minimum atomic E-state index is -0.414. The van der Waals surface area contributed by atoms with Gasteiger partial charge in [0.2, 0.25) is 0 Å². The van der Waals surface area contributed by atoms with Crippen molar-refractivity contribution < 1.29 is 14.3 Å². The summed E-state index contributed by atoms with van der Waals surface area (Å²) in [4.78, 5) is 14.4. The first-order chi connectivity index (χ1) is 13.3. The van der Waals surface area contributed by atoms with Gasteiger partial charge in [0.1, 0.15) is 17.7 Å². The van der Waals surface area contributed by atoms with Crippen LogP contribution < -0.4 is 4.74 Å². The van der Waals surface area contributed by atoms with Gasteiger partial charge in [-0.3, -0.25) is 4.90 Å². The number of fused-ring (bicyclic) bond motifs is 1. The van der Waals surface area contributed by atoms with E-state index in [2.05, 4.69) is 0 Å². The summed E-state index contributed by atoms with van der Waals surface area (Å²) < 4.78 is 13.0. The van der Waals surface area contributed by atoms with Crippen LogP contribution in [0.4, 0.5) is 0 Å². The molecular formula is C21H22Cl2N2O3. The Kier molecular flexibility index (Phi) is 6.18. The molecule has 28 heavy (non-hydrogen) atoms. The Bertz CT molecular complexity index is 1010. The second-order valence-electron chi connectivity index (χ2n) is 6.73. The van der Waals surface area contributed by atoms with E-state index < -0.39 is 5.97 Å². The lowest BCUT2D eigenvalue weighted by atomic mass is 10.2. The third-order valence-electron chi connectivity index (χ3n) is 4.65. The fourth-order valence-electron chi connectivity index (χ4n) is 2.91. The van der Waals surface area contributed by atoms with Crippen molar-refractivity contribution in [1.29, 1.82) is 0 Å². The van der Waals surface area contributed by atoms with E-state index in [1.807, 2.05) is 54.8 Å². The van der Waals surface area contributed by atoms with E-state index in [9.17, 15) is 4.79 Å². The van der Waals surface area contributed by atoms with Crippen molar-refractivity contribution in [3.63, 3.8) is 0 Å². The summed E-state index contributed by atoms with van der Waals surface area (Å²) in [6.07, 6.45) is -0.120. The predicted molar refractivity (Wildman–Crippen MR) is 113 cm³/mol. The average Bonchev–Trinajstić information content (AvgIpc) is 3.03. The smallest absolute Gasteiger partial charge is 0.354 e. The number of ether oxygens (including phenoxy) is 2. The minimum Gasteiger partial charge on any atom is -0.475 e. The quantitative estimate of drug-likeness (QED) is 0.412. The Hall–Kier alpha value is -2.21. The van der Waals surface area contributed by atoms with E-state index in [0.717, 1.165) is 16.5 Å². The van der Waals surface area contributed by atoms with Crippen molar-refractivity contribution in [2.24, 2.45) is 0 Å². The van der Waals surface area contributed by atoms with E-state index in [0.29, 0.717) is 28.0 Å². The zero-order valence-corrected chi connectivity index (χ0v) is 17.7. The number of carbonyl (C=O) groups excluding carboxylic acids is 1. The molecule has 1 atom stereocenters. The molecule has 1 aromatic heterocycles. The lowest BCUT2D eigenvalue weighted by Crippen LogP contribution is -2.30. The first kappa shape index (κ1) is 20.5. The Morgan fingerprint density at radius 1 is 1.14 bits per heavy atom. The van der Waals surface area contributed by atoms with Gasteiger partial charge in [-0.2, -0.15) is 0 Å². The van der Waals surface area contributed by atoms with Crippen molar-refractivity contribution in [3.05, 3.63) is 63.8 Å². The van der Waals surface area contributed by atoms with Crippen LogP contribution in [0.25, 0.3) is 10.9 Å². The maximum absolute atomic E-state index is 12.4. The van der Waals surface area contributed by atoms with E-state index in [4.69, 9.17) is 32.7 Å². The number of halogens is 2. The summed E-state index contributed by atoms with van der Waals surface area (Å²) in [6.45, 7) is 2.41. The van der Waals surface area contributed by atoms with Crippen molar-refractivity contribution in [2.45, 2.75) is 19.7 Å². The van der Waals surface area contributed by atoms with Crippen LogP contribution in [0.1, 0.15) is 23.0 Å². The minimum absolute atomic E-state index is 0.120. The molecule has 0 aliphatic rings. The highest BCUT2D eigenvalue weighted by molar-refractivity contribution is 6.42. The van der Waals surface area contributed by atoms with Crippen molar-refractivity contribution in [3.8, 4) is 5.75 Å². The molecule has 0 fully saturated rings. The average molecular weight is 421 g/mol. The second-order valence-corrected chi connectivity index (χ2v) is 7.54. The van der Waals surface area contributed by atoms with Gasteiger partial charge in [0.05, 0.1) is 22.7 Å². The molecule has 0 saturated carbocycles. The van der Waals surface area contributed by atoms with Gasteiger partial charge in [-0.25, -0.2) is 4.79 Å². The number of hydrogen-bond donors (Lipinski definition) is 0. The summed E-state index contributed by atoms with van der Waals surface area (Å²) in [5.41, 5.74) is 2.23. The molecule has 0 amide bonds. The number of esters is 1. The molecule has 0 radical (unpaired) electrons. The van der Waals surface area contributed by atoms with Gasteiger partial charge in [-0.05, 0) is 56.9 Å². The monoisotopic (exact) mass is 420 g/mol. The fourth-order valence-corrected chi connectivity index (χ4v) is 3.23. The lowest BCUT2D eigenvalue weighted by Gasteiger charge is -2.21. The van der Waals surface area contributed by atoms with Gasteiger partial charge >= 0.3 is 5.97 Å². The Morgan fingerprint density at radius 2 is 1.89 bits per heavy atom. The second kappa shape index (κ2) is 8.43. The maximum Gasteiger partial charge on any atom is 0.354 e. The highest BCUT2D eigenvalue weighted by atomic mass is 35.5. The molecule has 1 heterocycles. The van der Waals surface area contributed by atoms with Crippen LogP contribution in [0, 0.1) is 0 Å². The van der Waals surface area contributed by atoms with Crippen LogP contribution >= 0.6 is 23.2 Å². The van der Waals surface area contributed by atoms with Crippen LogP contribution in [-0.4, -0.2) is 42.9 Å². The van der Waals surface area contributed by atoms with Gasteiger partial charge in [-0.15, -0.1) is 0 Å². The number of rotatable bonds is 6. The Balaban J connectivity index is 2.11. The summed E-state index contributed by atoms with van der Waals surface area (Å²) in [5.74, 6) is 0.291. The predicted octanol–water partition coefficient (Wildman–Crippen LogP) is 5.07. The van der Waals surface area contributed by atoms with Gasteiger partial charge in [0, 0.05) is 11.9 Å². The Labute approximate surface area is 174 Å². The van der Waals surface area contributed by atoms with Gasteiger partial charge < -0.3 is 14.0 Å². The molecule has 148 valence electrons. The summed E-state index contributed by atoms with van der Waals surface area (Å²) in [7, 11) is 5.26. The molecule has 0 bridgehead atoms. The molecule has 1 unspecified atom stereocenters. The standard InChI is InChI=1S/C21H22Cl2N2O3/c1-13(24(2)3)28-20-7-5-6-18-15(20)11-19(21(26)27-4)25(18)12-14-8-9-16(22)17(23)10-14/h5-11,13H,12H2,1-4H3. The van der Waals surface area contributed by atoms with Crippen molar-refractivity contribution in [2.75, 3.05) is 21.2 Å². The topological polar surface area (TPSA) is 43.7 Å². The number of benzene rings is 2. The molecule has 5 nitrogen and oxygen atoms in total. The SMILES string of the molecule is COC(=O)c1cc2c(OC(C)N(C)C)cccc2n1Cc1ccc(Cl)c(Cl)c1. The first-order valence-corrected chi connectivity index (χ1v) is 9.55. The fraction of sp³-hybridized carbons (Fsp3) is 0.286. The number of hydrogen-bond acceptors (Lipinski definition) is 4. The molecule has 3 aromatic rings. The van der Waals surface area contributed by atoms with Gasteiger partial charge in [-0.1, -0.05) is 35.3 Å². The molecule has 0 spiro atoms. The number of aromatic nitrogens is 1. The van der Waals surface area contributed by atoms with Crippen LogP contribution in [0.15, 0.2) is 42.5 Å². The van der Waals surface area contributed by atoms with Gasteiger partial charge in [0.15, 0.2) is 0 Å². The largest absolute Gasteiger partial charge is 0.475 e. The first-order valence-electron chi connectivity index (χ1n) is 8.79. The van der Waals surface area contributed by atoms with E-state index in [1.54, 1.807) is 18.2 Å². The summed E-state index contributed by atoms with van der Waals surface area (Å²) in [6, 6.07) is 13.0. The molecule has 7 heteroatoms. The van der Waals surface area contributed by atoms with Crippen LogP contribution in [0.5, 0.6) is 5.75 Å². The van der Waals surface area contributed by atoms with Crippen LogP contribution in [0.2, 0.25) is 10.0 Å². The van der Waals surface area contributed by atoms with E-state index in [-0.39, 0.29) is 6.23 Å². The van der Waals surface area contributed by atoms with Gasteiger partial charge in [0.25, 0.3) is 0 Å². The number of nitrogens with zero attached hydrogens (tertiary/aromatic N) is 2. The highest BCUT2D eigenvalue weighted by Crippen LogP contribution is 2.31. The molecular weight excluding hydrogens is 399 g/mol. The molecule has 0 N–H and O–H groups in total. The number of methoxy groups -OCH3 is 1. The number of carbonyl (C=O) groups is 1. The van der Waals surface area contributed by atoms with Crippen molar-refractivity contribution >= 4 is 40.1 Å². The maximum atomic E-state index is 12.4. The lowest BCUT2D eigenvalue weighted by molar-refractivity contribution is 0.0589. The van der Waals surface area contributed by atoms with Crippen molar-refractivity contribution in [1.82, 2.24) is 9.47 Å². The zero-order valence-electron chi connectivity index (χ0n) is 16.2. The molecule has 0 aliphatic heterocycles. The van der Waals surface area contributed by atoms with E-state index >= 15 is 0 Å². The highest BCUT2D eigenvalue weighted by Gasteiger charge is 2.20. The summed E-state index contributed by atoms with van der Waals surface area (Å²) >= 11 is 12.2. The molecule has 2 aromatic carbocycles. The Morgan fingerprint density at radius 3 is 2.54 bits per heavy atom. The summed E-state index contributed by atoms with van der Waals surface area (Å²) in [5, 5.41) is 1.81.